The van der Waals surface area contributed by atoms with Gasteiger partial charge in [0.25, 0.3) is 0 Å². The Balaban J connectivity index is 0.000000240. The van der Waals surface area contributed by atoms with Gasteiger partial charge in [0, 0.05) is 46.6 Å². The van der Waals surface area contributed by atoms with Gasteiger partial charge in [-0.25, -0.2) is 0 Å². The van der Waals surface area contributed by atoms with E-state index in [0.717, 1.165) is 34.6 Å². The lowest BCUT2D eigenvalue weighted by Gasteiger charge is -2.32. The topological polar surface area (TPSA) is 84.0 Å². The van der Waals surface area contributed by atoms with E-state index in [-0.39, 0.29) is 31.3 Å². The van der Waals surface area contributed by atoms with Crippen LogP contribution >= 0.6 is 31.9 Å². The summed E-state index contributed by atoms with van der Waals surface area (Å²) in [6, 6.07) is 0.215. The normalized spacial score (nSPS) is 22.3. The fourth-order valence-corrected chi connectivity index (χ4v) is 5.79. The summed E-state index contributed by atoms with van der Waals surface area (Å²) in [6.45, 7) is 8.13. The summed E-state index contributed by atoms with van der Waals surface area (Å²) in [5.74, 6) is 1.15. The first-order chi connectivity index (χ1) is 16.3. The summed E-state index contributed by atoms with van der Waals surface area (Å²) in [6.07, 6.45) is 12.8. The predicted octanol–water partition coefficient (Wildman–Crippen LogP) is 6.62. The summed E-state index contributed by atoms with van der Waals surface area (Å²) in [5.41, 5.74) is 4.92. The summed E-state index contributed by atoms with van der Waals surface area (Å²) >= 11 is 7.08. The molecule has 192 valence electrons. The number of hydrogen-bond donors (Lipinski definition) is 2. The smallest absolute Gasteiger partial charge is 0.220 e. The first kappa shape index (κ1) is 29.4. The van der Waals surface area contributed by atoms with Crippen LogP contribution < -0.4 is 10.6 Å². The van der Waals surface area contributed by atoms with Crippen LogP contribution in [0.1, 0.15) is 95.1 Å². The highest BCUT2D eigenvalue weighted by Crippen LogP contribution is 2.38. The van der Waals surface area contributed by atoms with Gasteiger partial charge in [0.1, 0.15) is 0 Å². The van der Waals surface area contributed by atoms with Crippen molar-refractivity contribution in [3.63, 3.8) is 0 Å². The van der Waals surface area contributed by atoms with Crippen LogP contribution in [0.5, 0.6) is 0 Å². The van der Waals surface area contributed by atoms with E-state index in [0.29, 0.717) is 24.7 Å². The maximum absolute atomic E-state index is 11.6. The molecule has 2 aromatic rings. The molecule has 4 atom stereocenters. The van der Waals surface area contributed by atoms with Crippen LogP contribution in [-0.2, 0) is 22.4 Å². The summed E-state index contributed by atoms with van der Waals surface area (Å²) in [4.78, 5) is 31.6. The van der Waals surface area contributed by atoms with Crippen LogP contribution in [0.4, 0.5) is 0 Å². The zero-order chi connectivity index (χ0) is 24.8. The number of nitrogens with zero attached hydrogens (tertiary/aromatic N) is 2. The number of aromatic nitrogens is 2. The first-order valence-corrected chi connectivity index (χ1v) is 13.7. The molecule has 0 unspecified atom stereocenters. The van der Waals surface area contributed by atoms with Crippen molar-refractivity contribution in [2.75, 3.05) is 0 Å². The Morgan fingerprint density at radius 2 is 1.17 bits per heavy atom. The Morgan fingerprint density at radius 3 is 1.51 bits per heavy atom. The van der Waals surface area contributed by atoms with Crippen molar-refractivity contribution < 1.29 is 9.59 Å². The Hall–Kier alpha value is -1.80. The van der Waals surface area contributed by atoms with Crippen molar-refractivity contribution >= 4 is 43.7 Å². The first-order valence-electron chi connectivity index (χ1n) is 12.1. The van der Waals surface area contributed by atoms with Crippen LogP contribution in [0.2, 0.25) is 0 Å². The van der Waals surface area contributed by atoms with E-state index in [9.17, 15) is 9.59 Å². The SMILES string of the molecule is C.CCC(=O)N[C@@H]1c2cncc(Br)c2CC[C@H]1C.CCC(=O)N[C@H]1c2cncc(Br)c2CC[C@@H]1C. The van der Waals surface area contributed by atoms with Crippen molar-refractivity contribution in [2.45, 2.75) is 85.7 Å². The van der Waals surface area contributed by atoms with Gasteiger partial charge in [0.15, 0.2) is 0 Å². The fraction of sp³-hybridized carbons (Fsp3) is 0.556. The molecule has 0 aliphatic heterocycles. The Morgan fingerprint density at radius 1 is 0.800 bits per heavy atom. The molecule has 0 aromatic carbocycles. The molecule has 2 aliphatic carbocycles. The lowest BCUT2D eigenvalue weighted by atomic mass is 9.81. The molecule has 2 amide bonds. The third-order valence-electron chi connectivity index (χ3n) is 6.86. The summed E-state index contributed by atoms with van der Waals surface area (Å²) < 4.78 is 2.11. The lowest BCUT2D eigenvalue weighted by Crippen LogP contribution is -2.35. The van der Waals surface area contributed by atoms with E-state index in [1.54, 1.807) is 0 Å². The van der Waals surface area contributed by atoms with Crippen LogP contribution in [0.3, 0.4) is 0 Å². The van der Waals surface area contributed by atoms with Gasteiger partial charge in [-0.05, 0) is 91.6 Å². The molecule has 6 nitrogen and oxygen atoms in total. The van der Waals surface area contributed by atoms with Gasteiger partial charge in [-0.2, -0.15) is 0 Å². The van der Waals surface area contributed by atoms with Crippen LogP contribution in [0, 0.1) is 11.8 Å². The Labute approximate surface area is 226 Å². The second kappa shape index (κ2) is 13.5. The molecule has 2 heterocycles. The molecule has 0 saturated carbocycles. The van der Waals surface area contributed by atoms with Gasteiger partial charge in [0.2, 0.25) is 11.8 Å². The molecule has 2 aliphatic rings. The number of nitrogens with one attached hydrogen (secondary N) is 2. The molecular weight excluding hydrogens is 572 g/mol. The number of rotatable bonds is 4. The largest absolute Gasteiger partial charge is 0.349 e. The van der Waals surface area contributed by atoms with Crippen LogP contribution in [0.25, 0.3) is 0 Å². The van der Waals surface area contributed by atoms with E-state index in [4.69, 9.17) is 0 Å². The molecule has 0 saturated heterocycles. The molecule has 2 aromatic heterocycles. The average Bonchev–Trinajstić information content (AvgIpc) is 2.83. The van der Waals surface area contributed by atoms with Gasteiger partial charge in [-0.15, -0.1) is 0 Å². The van der Waals surface area contributed by atoms with Gasteiger partial charge in [0.05, 0.1) is 12.1 Å². The zero-order valence-electron chi connectivity index (χ0n) is 20.3. The minimum absolute atomic E-state index is 0. The fourth-order valence-electron chi connectivity index (χ4n) is 4.70. The van der Waals surface area contributed by atoms with Crippen molar-refractivity contribution in [2.24, 2.45) is 11.8 Å². The molecule has 0 radical (unpaired) electrons. The summed E-state index contributed by atoms with van der Waals surface area (Å²) in [7, 11) is 0. The second-order valence-electron chi connectivity index (χ2n) is 9.21. The second-order valence-corrected chi connectivity index (χ2v) is 10.9. The van der Waals surface area contributed by atoms with E-state index in [1.807, 2.05) is 38.6 Å². The predicted molar refractivity (Wildman–Crippen MR) is 148 cm³/mol. The average molecular weight is 610 g/mol. The standard InChI is InChI=1S/2C13H17BrN2O.CH4/c2*1-3-12(17)16-13-8(2)4-5-9-10(13)6-15-7-11(9)14;/h2*6-8,13H,3-5H2,1-2H3,(H,16,17);1H4/t2*8-,13+;/m10./s1. The monoisotopic (exact) mass is 608 g/mol. The quantitative estimate of drug-likeness (QED) is 0.408. The molecule has 4 rings (SSSR count). The van der Waals surface area contributed by atoms with Crippen molar-refractivity contribution in [3.05, 3.63) is 56.0 Å². The molecule has 0 fully saturated rings. The van der Waals surface area contributed by atoms with E-state index >= 15 is 0 Å². The molecule has 0 spiro atoms. The number of fused-ring (bicyclic) bond motifs is 2. The minimum atomic E-state index is 0. The maximum Gasteiger partial charge on any atom is 0.220 e. The lowest BCUT2D eigenvalue weighted by molar-refractivity contribution is -0.122. The minimum Gasteiger partial charge on any atom is -0.349 e. The molecule has 35 heavy (non-hydrogen) atoms. The van der Waals surface area contributed by atoms with Crippen molar-refractivity contribution in [1.82, 2.24) is 20.6 Å². The molecule has 0 bridgehead atoms. The number of carbonyl (C=O) groups excluding carboxylic acids is 2. The van der Waals surface area contributed by atoms with Crippen LogP contribution in [-0.4, -0.2) is 21.8 Å². The number of halogens is 2. The highest BCUT2D eigenvalue weighted by Gasteiger charge is 2.30. The van der Waals surface area contributed by atoms with Gasteiger partial charge in [-0.3, -0.25) is 19.6 Å². The van der Waals surface area contributed by atoms with Crippen LogP contribution in [0.15, 0.2) is 33.7 Å². The summed E-state index contributed by atoms with van der Waals surface area (Å²) in [5, 5.41) is 6.20. The van der Waals surface area contributed by atoms with E-state index in [2.05, 4.69) is 66.3 Å². The molecule has 2 N–H and O–H groups in total. The van der Waals surface area contributed by atoms with E-state index in [1.165, 1.54) is 22.3 Å². The molecule has 8 heteroatoms. The number of hydrogen-bond acceptors (Lipinski definition) is 4. The number of pyridine rings is 2. The van der Waals surface area contributed by atoms with Gasteiger partial charge in [-0.1, -0.05) is 35.1 Å². The number of amides is 2. The number of carbonyl (C=O) groups is 2. The van der Waals surface area contributed by atoms with E-state index < -0.39 is 0 Å². The van der Waals surface area contributed by atoms with Crippen molar-refractivity contribution in [3.8, 4) is 0 Å². The third-order valence-corrected chi connectivity index (χ3v) is 8.23. The highest BCUT2D eigenvalue weighted by atomic mass is 79.9. The molecular formula is C27H38Br2N4O2. The van der Waals surface area contributed by atoms with Crippen molar-refractivity contribution in [1.29, 1.82) is 0 Å². The Bertz CT molecular complexity index is 949. The third kappa shape index (κ3) is 7.13. The highest BCUT2D eigenvalue weighted by molar-refractivity contribution is 9.10. The zero-order valence-corrected chi connectivity index (χ0v) is 23.5. The Kier molecular flexibility index (Phi) is 11.3. The van der Waals surface area contributed by atoms with Gasteiger partial charge >= 0.3 is 0 Å². The maximum atomic E-state index is 11.6. The van der Waals surface area contributed by atoms with Gasteiger partial charge < -0.3 is 10.6 Å².